The quantitative estimate of drug-likeness (QED) is 0.453. The summed E-state index contributed by atoms with van der Waals surface area (Å²) in [4.78, 5) is 0. The molecule has 0 fully saturated rings. The fourth-order valence-electron chi connectivity index (χ4n) is 0.684. The van der Waals surface area contributed by atoms with Gasteiger partial charge in [0, 0.05) is 6.04 Å². The Morgan fingerprint density at radius 2 is 2.11 bits per heavy atom. The lowest BCUT2D eigenvalue weighted by molar-refractivity contribution is 0.110. The van der Waals surface area contributed by atoms with Crippen molar-refractivity contribution in [2.75, 3.05) is 13.6 Å². The van der Waals surface area contributed by atoms with E-state index >= 15 is 0 Å². The minimum atomic E-state index is -0.440. The van der Waals surface area contributed by atoms with Gasteiger partial charge in [0.1, 0.15) is 6.23 Å². The lowest BCUT2D eigenvalue weighted by Gasteiger charge is -2.17. The Labute approximate surface area is 56.5 Å². The van der Waals surface area contributed by atoms with Crippen molar-refractivity contribution in [1.29, 1.82) is 0 Å². The molecule has 3 N–H and O–H groups in total. The molecule has 2 atom stereocenters. The van der Waals surface area contributed by atoms with Crippen molar-refractivity contribution in [3.63, 3.8) is 0 Å². The van der Waals surface area contributed by atoms with Gasteiger partial charge in [-0.25, -0.2) is 0 Å². The van der Waals surface area contributed by atoms with Crippen LogP contribution >= 0.6 is 0 Å². The van der Waals surface area contributed by atoms with Crippen LogP contribution in [0.25, 0.3) is 0 Å². The molecule has 9 heavy (non-hydrogen) atoms. The van der Waals surface area contributed by atoms with Gasteiger partial charge in [0.05, 0.1) is 0 Å². The molecule has 3 heteroatoms. The van der Waals surface area contributed by atoms with Gasteiger partial charge in [0.25, 0.3) is 0 Å². The Morgan fingerprint density at radius 1 is 1.56 bits per heavy atom. The van der Waals surface area contributed by atoms with Gasteiger partial charge in [-0.15, -0.1) is 0 Å². The van der Waals surface area contributed by atoms with Gasteiger partial charge >= 0.3 is 0 Å². The van der Waals surface area contributed by atoms with E-state index < -0.39 is 6.23 Å². The lowest BCUT2D eigenvalue weighted by atomic mass is 10.3. The first kappa shape index (κ1) is 8.88. The maximum Gasteiger partial charge on any atom is 0.119 e. The van der Waals surface area contributed by atoms with E-state index in [9.17, 15) is 0 Å². The molecule has 0 aromatic carbocycles. The van der Waals surface area contributed by atoms with Crippen LogP contribution in [-0.4, -0.2) is 31.0 Å². The zero-order valence-electron chi connectivity index (χ0n) is 6.31. The van der Waals surface area contributed by atoms with Crippen LogP contribution in [0.5, 0.6) is 0 Å². The topological polar surface area (TPSA) is 44.3 Å². The van der Waals surface area contributed by atoms with Gasteiger partial charge in [-0.2, -0.15) is 0 Å². The molecule has 0 radical (unpaired) electrons. The fourth-order valence-corrected chi connectivity index (χ4v) is 0.684. The standard InChI is InChI=1S/C6H16N2O/c1-4-8-5(2)6(9)7-3/h5-9H,4H2,1-3H3/t5-,6?/m1/s1. The third kappa shape index (κ3) is 3.46. The Hall–Kier alpha value is -0.120. The van der Waals surface area contributed by atoms with Crippen molar-refractivity contribution in [2.24, 2.45) is 0 Å². The Kier molecular flexibility index (Phi) is 4.67. The number of aliphatic hydroxyl groups excluding tert-OH is 1. The van der Waals surface area contributed by atoms with E-state index in [0.717, 1.165) is 6.54 Å². The van der Waals surface area contributed by atoms with E-state index in [1.54, 1.807) is 7.05 Å². The average Bonchev–Trinajstić information content (AvgIpc) is 1.87. The molecule has 0 amide bonds. The van der Waals surface area contributed by atoms with Crippen molar-refractivity contribution in [3.05, 3.63) is 0 Å². The summed E-state index contributed by atoms with van der Waals surface area (Å²) in [5.41, 5.74) is 0. The van der Waals surface area contributed by atoms with Gasteiger partial charge in [0.2, 0.25) is 0 Å². The van der Waals surface area contributed by atoms with Gasteiger partial charge in [0.15, 0.2) is 0 Å². The first-order valence-corrected chi connectivity index (χ1v) is 3.31. The third-order valence-electron chi connectivity index (χ3n) is 1.30. The van der Waals surface area contributed by atoms with Crippen molar-refractivity contribution >= 4 is 0 Å². The second kappa shape index (κ2) is 4.73. The Morgan fingerprint density at radius 3 is 2.44 bits per heavy atom. The average molecular weight is 132 g/mol. The van der Waals surface area contributed by atoms with Crippen molar-refractivity contribution in [1.82, 2.24) is 10.6 Å². The highest BCUT2D eigenvalue weighted by Gasteiger charge is 2.08. The zero-order valence-corrected chi connectivity index (χ0v) is 6.31. The van der Waals surface area contributed by atoms with Crippen LogP contribution < -0.4 is 10.6 Å². The largest absolute Gasteiger partial charge is 0.377 e. The van der Waals surface area contributed by atoms with E-state index in [1.807, 2.05) is 13.8 Å². The van der Waals surface area contributed by atoms with Crippen LogP contribution in [0.15, 0.2) is 0 Å². The second-order valence-corrected chi connectivity index (χ2v) is 2.08. The fraction of sp³-hybridized carbons (Fsp3) is 1.00. The van der Waals surface area contributed by atoms with Gasteiger partial charge in [-0.1, -0.05) is 6.92 Å². The molecule has 0 aliphatic heterocycles. The minimum absolute atomic E-state index is 0.125. The van der Waals surface area contributed by atoms with E-state index in [0.29, 0.717) is 0 Å². The summed E-state index contributed by atoms with van der Waals surface area (Å²) in [5, 5.41) is 14.9. The summed E-state index contributed by atoms with van der Waals surface area (Å²) in [6, 6.07) is 0.125. The molecule has 0 saturated carbocycles. The number of nitrogens with one attached hydrogen (secondary N) is 2. The predicted octanol–water partition coefficient (Wildman–Crippen LogP) is -0.478. The normalized spacial score (nSPS) is 17.3. The molecule has 56 valence electrons. The monoisotopic (exact) mass is 132 g/mol. The Bertz CT molecular complexity index is 68.1. The van der Waals surface area contributed by atoms with Gasteiger partial charge < -0.3 is 10.4 Å². The maximum absolute atomic E-state index is 9.08. The van der Waals surface area contributed by atoms with Gasteiger partial charge in [-0.3, -0.25) is 5.32 Å². The van der Waals surface area contributed by atoms with E-state index in [2.05, 4.69) is 10.6 Å². The van der Waals surface area contributed by atoms with Crippen molar-refractivity contribution in [3.8, 4) is 0 Å². The van der Waals surface area contributed by atoms with Crippen LogP contribution in [0.4, 0.5) is 0 Å². The maximum atomic E-state index is 9.08. The molecule has 0 saturated heterocycles. The second-order valence-electron chi connectivity index (χ2n) is 2.08. The smallest absolute Gasteiger partial charge is 0.119 e. The molecule has 0 aromatic heterocycles. The van der Waals surface area contributed by atoms with Crippen LogP contribution in [0.1, 0.15) is 13.8 Å². The van der Waals surface area contributed by atoms with E-state index in [4.69, 9.17) is 5.11 Å². The molecule has 0 aromatic rings. The van der Waals surface area contributed by atoms with Crippen LogP contribution in [0.2, 0.25) is 0 Å². The molecule has 0 aliphatic rings. The number of hydrogen-bond acceptors (Lipinski definition) is 3. The molecule has 0 bridgehead atoms. The summed E-state index contributed by atoms with van der Waals surface area (Å²) in [6.07, 6.45) is -0.440. The zero-order chi connectivity index (χ0) is 7.28. The molecular formula is C6H16N2O. The van der Waals surface area contributed by atoms with Crippen LogP contribution in [0, 0.1) is 0 Å². The van der Waals surface area contributed by atoms with Crippen LogP contribution in [0.3, 0.4) is 0 Å². The molecule has 0 rings (SSSR count). The Balaban J connectivity index is 3.32. The number of hydrogen-bond donors (Lipinski definition) is 3. The molecule has 1 unspecified atom stereocenters. The molecule has 0 aliphatic carbocycles. The lowest BCUT2D eigenvalue weighted by Crippen LogP contribution is -2.44. The van der Waals surface area contributed by atoms with E-state index in [-0.39, 0.29) is 6.04 Å². The first-order chi connectivity index (χ1) is 4.22. The minimum Gasteiger partial charge on any atom is -0.377 e. The molecule has 3 nitrogen and oxygen atoms in total. The SMILES string of the molecule is CCN[C@H](C)C(O)NC. The number of aliphatic hydroxyl groups is 1. The van der Waals surface area contributed by atoms with E-state index in [1.165, 1.54) is 0 Å². The van der Waals surface area contributed by atoms with Crippen molar-refractivity contribution in [2.45, 2.75) is 26.1 Å². The van der Waals surface area contributed by atoms with Crippen LogP contribution in [-0.2, 0) is 0 Å². The van der Waals surface area contributed by atoms with Gasteiger partial charge in [-0.05, 0) is 20.5 Å². The third-order valence-corrected chi connectivity index (χ3v) is 1.30. The number of likely N-dealkylation sites (N-methyl/N-ethyl adjacent to an activating group) is 2. The first-order valence-electron chi connectivity index (χ1n) is 3.31. The number of rotatable bonds is 4. The van der Waals surface area contributed by atoms with Crippen molar-refractivity contribution < 1.29 is 5.11 Å². The summed E-state index contributed by atoms with van der Waals surface area (Å²) in [7, 11) is 1.73. The predicted molar refractivity (Wildman–Crippen MR) is 38.2 cm³/mol. The summed E-state index contributed by atoms with van der Waals surface area (Å²) >= 11 is 0. The highest BCUT2D eigenvalue weighted by Crippen LogP contribution is 1.84. The highest BCUT2D eigenvalue weighted by atomic mass is 16.3. The molecule has 0 heterocycles. The molecular weight excluding hydrogens is 116 g/mol. The molecule has 0 spiro atoms. The highest BCUT2D eigenvalue weighted by molar-refractivity contribution is 4.65. The summed E-state index contributed by atoms with van der Waals surface area (Å²) < 4.78 is 0. The summed E-state index contributed by atoms with van der Waals surface area (Å²) in [6.45, 7) is 4.84. The summed E-state index contributed by atoms with van der Waals surface area (Å²) in [5.74, 6) is 0.